The summed E-state index contributed by atoms with van der Waals surface area (Å²) in [6.07, 6.45) is 0. The van der Waals surface area contributed by atoms with E-state index in [0.717, 1.165) is 21.9 Å². The van der Waals surface area contributed by atoms with Gasteiger partial charge in [-0.2, -0.15) is 0 Å². The molecule has 1 atom stereocenters. The molecule has 0 fully saturated rings. The number of carbonyl (C=O) groups is 1. The van der Waals surface area contributed by atoms with Crippen molar-refractivity contribution in [3.8, 4) is 11.5 Å². The molecule has 1 aliphatic rings. The van der Waals surface area contributed by atoms with Crippen LogP contribution in [0.15, 0.2) is 83.8 Å². The van der Waals surface area contributed by atoms with Crippen molar-refractivity contribution in [3.05, 3.63) is 84.4 Å². The fraction of sp³-hybridized carbons (Fsp3) is 0.240. The van der Waals surface area contributed by atoms with E-state index in [1.807, 2.05) is 65.6 Å². The number of hydrogen-bond acceptors (Lipinski definition) is 5. The van der Waals surface area contributed by atoms with Crippen molar-refractivity contribution in [3.63, 3.8) is 0 Å². The topological polar surface area (TPSA) is 50.8 Å². The standard InChI is InChI=1S/C25H26N2O3S/c1-29-22-12-6-7-13-23(22)30-16-15-26-17-25(28)27-20-11-5-8-14-24(20)31-18-21(27)19-9-3-2-4-10-19/h2-14,21,26H,15-18H2,1H3/t21-/m1/s1. The van der Waals surface area contributed by atoms with Gasteiger partial charge in [-0.25, -0.2) is 0 Å². The Labute approximate surface area is 187 Å². The van der Waals surface area contributed by atoms with E-state index in [-0.39, 0.29) is 18.5 Å². The van der Waals surface area contributed by atoms with Crippen LogP contribution in [0.4, 0.5) is 5.69 Å². The molecule has 5 nitrogen and oxygen atoms in total. The molecule has 0 bridgehead atoms. The number of methoxy groups -OCH3 is 1. The first-order valence-electron chi connectivity index (χ1n) is 10.3. The van der Waals surface area contributed by atoms with Crippen LogP contribution >= 0.6 is 11.8 Å². The molecule has 0 unspecified atom stereocenters. The lowest BCUT2D eigenvalue weighted by Crippen LogP contribution is -2.43. The van der Waals surface area contributed by atoms with Crippen LogP contribution in [0, 0.1) is 0 Å². The first-order valence-corrected chi connectivity index (χ1v) is 11.3. The van der Waals surface area contributed by atoms with Gasteiger partial charge in [-0.1, -0.05) is 54.6 Å². The van der Waals surface area contributed by atoms with Gasteiger partial charge >= 0.3 is 0 Å². The first kappa shape index (κ1) is 21.3. The SMILES string of the molecule is COc1ccccc1OCCNCC(=O)N1c2ccccc2SC[C@@H]1c1ccccc1. The highest BCUT2D eigenvalue weighted by Crippen LogP contribution is 2.42. The van der Waals surface area contributed by atoms with E-state index in [1.54, 1.807) is 18.9 Å². The summed E-state index contributed by atoms with van der Waals surface area (Å²) in [5.74, 6) is 2.29. The molecule has 1 N–H and O–H groups in total. The van der Waals surface area contributed by atoms with E-state index in [1.165, 1.54) is 0 Å². The van der Waals surface area contributed by atoms with Gasteiger partial charge in [-0.15, -0.1) is 11.8 Å². The van der Waals surface area contributed by atoms with Gasteiger partial charge < -0.3 is 19.7 Å². The van der Waals surface area contributed by atoms with Crippen molar-refractivity contribution in [2.24, 2.45) is 0 Å². The third kappa shape index (κ3) is 5.03. The van der Waals surface area contributed by atoms with Crippen LogP contribution < -0.4 is 19.7 Å². The molecule has 0 radical (unpaired) electrons. The number of hydrogen-bond donors (Lipinski definition) is 1. The summed E-state index contributed by atoms with van der Waals surface area (Å²) in [5.41, 5.74) is 2.13. The minimum absolute atomic E-state index is 0.0141. The third-order valence-corrected chi connectivity index (χ3v) is 6.31. The number of amides is 1. The summed E-state index contributed by atoms with van der Waals surface area (Å²) in [6.45, 7) is 1.25. The minimum atomic E-state index is 0.0141. The predicted molar refractivity (Wildman–Crippen MR) is 125 cm³/mol. The molecule has 31 heavy (non-hydrogen) atoms. The third-order valence-electron chi connectivity index (χ3n) is 5.17. The zero-order valence-corrected chi connectivity index (χ0v) is 18.3. The first-order chi connectivity index (χ1) is 15.3. The Kier molecular flexibility index (Phi) is 7.12. The van der Waals surface area contributed by atoms with Crippen molar-refractivity contribution in [1.82, 2.24) is 5.32 Å². The monoisotopic (exact) mass is 434 g/mol. The van der Waals surface area contributed by atoms with Crippen LogP contribution in [-0.4, -0.2) is 38.5 Å². The van der Waals surface area contributed by atoms with Gasteiger partial charge in [-0.05, 0) is 29.8 Å². The second kappa shape index (κ2) is 10.4. The zero-order chi connectivity index (χ0) is 21.5. The maximum Gasteiger partial charge on any atom is 0.241 e. The fourth-order valence-corrected chi connectivity index (χ4v) is 4.84. The smallest absolute Gasteiger partial charge is 0.241 e. The highest BCUT2D eigenvalue weighted by Gasteiger charge is 2.32. The van der Waals surface area contributed by atoms with E-state index in [4.69, 9.17) is 9.47 Å². The lowest BCUT2D eigenvalue weighted by Gasteiger charge is -2.37. The molecule has 0 aromatic heterocycles. The van der Waals surface area contributed by atoms with E-state index in [2.05, 4.69) is 23.5 Å². The molecular formula is C25H26N2O3S. The van der Waals surface area contributed by atoms with Gasteiger partial charge in [0.25, 0.3) is 0 Å². The minimum Gasteiger partial charge on any atom is -0.493 e. The fourth-order valence-electron chi connectivity index (χ4n) is 3.67. The molecule has 3 aromatic carbocycles. The Hall–Kier alpha value is -2.96. The van der Waals surface area contributed by atoms with E-state index >= 15 is 0 Å². The summed E-state index contributed by atoms with van der Waals surface area (Å²) >= 11 is 1.80. The largest absolute Gasteiger partial charge is 0.493 e. The van der Waals surface area contributed by atoms with Gasteiger partial charge in [0.05, 0.1) is 25.4 Å². The van der Waals surface area contributed by atoms with Gasteiger partial charge in [0.2, 0.25) is 5.91 Å². The molecule has 160 valence electrons. The number of thioether (sulfide) groups is 1. The number of para-hydroxylation sites is 3. The summed E-state index contributed by atoms with van der Waals surface area (Å²) in [7, 11) is 1.62. The highest BCUT2D eigenvalue weighted by atomic mass is 32.2. The van der Waals surface area contributed by atoms with E-state index in [9.17, 15) is 4.79 Å². The summed E-state index contributed by atoms with van der Waals surface area (Å²) in [5, 5.41) is 3.23. The normalized spacial score (nSPS) is 15.3. The number of nitrogens with zero attached hydrogens (tertiary/aromatic N) is 1. The highest BCUT2D eigenvalue weighted by molar-refractivity contribution is 7.99. The Bertz CT molecular complexity index is 1010. The lowest BCUT2D eigenvalue weighted by atomic mass is 10.1. The van der Waals surface area contributed by atoms with Gasteiger partial charge in [0.15, 0.2) is 11.5 Å². The molecule has 1 heterocycles. The van der Waals surface area contributed by atoms with Crippen molar-refractivity contribution < 1.29 is 14.3 Å². The molecule has 0 aliphatic carbocycles. The van der Waals surface area contributed by atoms with Crippen LogP contribution in [0.25, 0.3) is 0 Å². The maximum atomic E-state index is 13.3. The summed E-state index contributed by atoms with van der Waals surface area (Å²) in [4.78, 5) is 16.4. The predicted octanol–water partition coefficient (Wildman–Crippen LogP) is 4.54. The second-order valence-corrected chi connectivity index (χ2v) is 8.21. The van der Waals surface area contributed by atoms with Gasteiger partial charge in [0.1, 0.15) is 6.61 Å². The number of carbonyl (C=O) groups excluding carboxylic acids is 1. The Morgan fingerprint density at radius 1 is 1.00 bits per heavy atom. The zero-order valence-electron chi connectivity index (χ0n) is 17.5. The molecule has 3 aromatic rings. The Morgan fingerprint density at radius 2 is 1.71 bits per heavy atom. The molecule has 0 saturated heterocycles. The van der Waals surface area contributed by atoms with Crippen LogP contribution in [-0.2, 0) is 4.79 Å². The van der Waals surface area contributed by atoms with Crippen LogP contribution in [0.3, 0.4) is 0 Å². The molecule has 4 rings (SSSR count). The summed E-state index contributed by atoms with van der Waals surface area (Å²) < 4.78 is 11.1. The lowest BCUT2D eigenvalue weighted by molar-refractivity contribution is -0.118. The van der Waals surface area contributed by atoms with Gasteiger partial charge in [0, 0.05) is 17.2 Å². The molecular weight excluding hydrogens is 408 g/mol. The molecule has 6 heteroatoms. The van der Waals surface area contributed by atoms with E-state index < -0.39 is 0 Å². The number of fused-ring (bicyclic) bond motifs is 1. The number of ether oxygens (including phenoxy) is 2. The van der Waals surface area contributed by atoms with Crippen LogP contribution in [0.5, 0.6) is 11.5 Å². The number of anilines is 1. The molecule has 0 spiro atoms. The number of rotatable bonds is 8. The van der Waals surface area contributed by atoms with Crippen LogP contribution in [0.2, 0.25) is 0 Å². The van der Waals surface area contributed by atoms with Crippen molar-refractivity contribution >= 4 is 23.4 Å². The maximum absolute atomic E-state index is 13.3. The number of nitrogens with one attached hydrogen (secondary N) is 1. The molecule has 1 amide bonds. The average Bonchev–Trinajstić information content (AvgIpc) is 2.83. The van der Waals surface area contributed by atoms with Crippen molar-refractivity contribution in [1.29, 1.82) is 0 Å². The van der Waals surface area contributed by atoms with Crippen LogP contribution in [0.1, 0.15) is 11.6 Å². The summed E-state index contributed by atoms with van der Waals surface area (Å²) in [6, 6.07) is 25.9. The van der Waals surface area contributed by atoms with E-state index in [0.29, 0.717) is 24.7 Å². The molecule has 0 saturated carbocycles. The Morgan fingerprint density at radius 3 is 2.52 bits per heavy atom. The molecule has 1 aliphatic heterocycles. The Balaban J connectivity index is 1.39. The number of benzene rings is 3. The van der Waals surface area contributed by atoms with Crippen molar-refractivity contribution in [2.75, 3.05) is 37.5 Å². The van der Waals surface area contributed by atoms with Gasteiger partial charge in [-0.3, -0.25) is 4.79 Å². The second-order valence-electron chi connectivity index (χ2n) is 7.15. The van der Waals surface area contributed by atoms with Crippen molar-refractivity contribution in [2.45, 2.75) is 10.9 Å². The quantitative estimate of drug-likeness (QED) is 0.528. The average molecular weight is 435 g/mol.